The van der Waals surface area contributed by atoms with Gasteiger partial charge in [0.25, 0.3) is 0 Å². The third-order valence-corrected chi connectivity index (χ3v) is 6.65. The van der Waals surface area contributed by atoms with Gasteiger partial charge in [0.05, 0.1) is 6.08 Å². The highest BCUT2D eigenvalue weighted by Gasteiger charge is 2.54. The molecule has 0 N–H and O–H groups in total. The van der Waals surface area contributed by atoms with Gasteiger partial charge in [-0.2, -0.15) is 34.8 Å². The molecule has 1 aliphatic heterocycles. The zero-order chi connectivity index (χ0) is 14.9. The lowest BCUT2D eigenvalue weighted by Gasteiger charge is -2.14. The van der Waals surface area contributed by atoms with Gasteiger partial charge >= 0.3 is 21.8 Å². The molecule has 0 aromatic carbocycles. The zero-order valence-electron chi connectivity index (χ0n) is 8.92. The Morgan fingerprint density at radius 3 is 2.26 bits per heavy atom. The summed E-state index contributed by atoms with van der Waals surface area (Å²) in [4.78, 5) is 0. The van der Waals surface area contributed by atoms with Crippen molar-refractivity contribution in [1.82, 2.24) is 0 Å². The lowest BCUT2D eigenvalue weighted by molar-refractivity contribution is -0.0798. The van der Waals surface area contributed by atoms with E-state index >= 15 is 0 Å². The molecule has 0 aliphatic carbocycles. The average Bonchev–Trinajstić information content (AvgIpc) is 2.16. The van der Waals surface area contributed by atoms with E-state index in [9.17, 15) is 34.8 Å². The average molecular weight is 349 g/mol. The van der Waals surface area contributed by atoms with Crippen molar-refractivity contribution in [2.75, 3.05) is 11.5 Å². The monoisotopic (exact) mass is 349 g/mol. The van der Waals surface area contributed by atoms with E-state index in [0.29, 0.717) is 11.8 Å². The molecule has 1 unspecified atom stereocenters. The predicted molar refractivity (Wildman–Crippen MR) is 59.5 cm³/mol. The lowest BCUT2D eigenvalue weighted by Crippen LogP contribution is -2.31. The molecule has 1 rings (SSSR count). The number of hydrogen-bond acceptors (Lipinski definition) is 4. The second kappa shape index (κ2) is 5.74. The number of hydrogen-bond donors (Lipinski definition) is 0. The molecule has 0 bridgehead atoms. The fraction of sp³-hybridized carbons (Fsp3) is 0.714. The second-order valence-corrected chi connectivity index (χ2v) is 8.07. The van der Waals surface area contributed by atoms with Gasteiger partial charge in [-0.15, -0.1) is 0 Å². The van der Waals surface area contributed by atoms with Crippen LogP contribution in [-0.4, -0.2) is 31.6 Å². The predicted octanol–water partition coefficient (Wildman–Crippen LogP) is 2.93. The molecular formula is C7H7F6O3S3+. The summed E-state index contributed by atoms with van der Waals surface area (Å²) in [5.41, 5.74) is -5.65. The van der Waals surface area contributed by atoms with Crippen LogP contribution in [0.2, 0.25) is 0 Å². The third kappa shape index (κ3) is 5.08. The Morgan fingerprint density at radius 2 is 1.79 bits per heavy atom. The van der Waals surface area contributed by atoms with Gasteiger partial charge < -0.3 is 0 Å². The number of rotatable bonds is 2. The van der Waals surface area contributed by atoms with E-state index in [4.69, 9.17) is 0 Å². The summed E-state index contributed by atoms with van der Waals surface area (Å²) in [6, 6.07) is 0. The molecule has 1 atom stereocenters. The highest BCUT2D eigenvalue weighted by molar-refractivity contribution is 8.21. The Balaban J connectivity index is 2.95. The summed E-state index contributed by atoms with van der Waals surface area (Å²) < 4.78 is 97.7. The number of allylic oxidation sites excluding steroid dienone is 1. The summed E-state index contributed by atoms with van der Waals surface area (Å²) in [6.45, 7) is 0. The second-order valence-electron chi connectivity index (χ2n) is 3.22. The molecule has 0 spiro atoms. The lowest BCUT2D eigenvalue weighted by atomic mass is 10.6. The van der Waals surface area contributed by atoms with Crippen LogP contribution in [0.3, 0.4) is 0 Å². The molecule has 0 amide bonds. The fourth-order valence-corrected chi connectivity index (χ4v) is 5.74. The van der Waals surface area contributed by atoms with Gasteiger partial charge in [0, 0.05) is 12.2 Å². The molecule has 1 heterocycles. The smallest absolute Gasteiger partial charge is 0.185 e. The van der Waals surface area contributed by atoms with Crippen molar-refractivity contribution in [2.24, 2.45) is 0 Å². The highest BCUT2D eigenvalue weighted by atomic mass is 32.3. The summed E-state index contributed by atoms with van der Waals surface area (Å²) in [5.74, 6) is 0.0745. The maximum absolute atomic E-state index is 12.2. The summed E-state index contributed by atoms with van der Waals surface area (Å²) in [6.07, 6.45) is -4.68. The minimum atomic E-state index is -5.90. The molecule has 19 heavy (non-hydrogen) atoms. The van der Waals surface area contributed by atoms with E-state index in [2.05, 4.69) is 3.63 Å². The highest BCUT2D eigenvalue weighted by Crippen LogP contribution is 2.38. The van der Waals surface area contributed by atoms with Crippen molar-refractivity contribution >= 4 is 33.1 Å². The molecule has 3 nitrogen and oxygen atoms in total. The first kappa shape index (κ1) is 17.0. The molecular weight excluding hydrogens is 342 g/mol. The normalized spacial score (nSPS) is 24.7. The molecule has 12 heteroatoms. The van der Waals surface area contributed by atoms with Crippen LogP contribution in [0.4, 0.5) is 26.3 Å². The molecule has 0 saturated carbocycles. The van der Waals surface area contributed by atoms with Crippen molar-refractivity contribution in [1.29, 1.82) is 0 Å². The van der Waals surface area contributed by atoms with Gasteiger partial charge in [0.2, 0.25) is 15.4 Å². The van der Waals surface area contributed by atoms with Gasteiger partial charge in [-0.05, 0) is 3.63 Å². The molecule has 0 aromatic rings. The summed E-state index contributed by atoms with van der Waals surface area (Å²) >= 11 is -1.40. The van der Waals surface area contributed by atoms with E-state index in [0.717, 1.165) is 0 Å². The maximum Gasteiger partial charge on any atom is 0.527 e. The Morgan fingerprint density at radius 1 is 1.21 bits per heavy atom. The topological polar surface area (TPSA) is 43.4 Å². The van der Waals surface area contributed by atoms with Crippen LogP contribution in [0.15, 0.2) is 10.3 Å². The van der Waals surface area contributed by atoms with Gasteiger partial charge in [-0.3, -0.25) is 0 Å². The zero-order valence-corrected chi connectivity index (χ0v) is 11.4. The van der Waals surface area contributed by atoms with Crippen molar-refractivity contribution in [3.8, 4) is 0 Å². The van der Waals surface area contributed by atoms with E-state index in [1.54, 1.807) is 0 Å². The van der Waals surface area contributed by atoms with Crippen LogP contribution in [-0.2, 0) is 24.9 Å². The Bertz CT molecular complexity index is 452. The van der Waals surface area contributed by atoms with Crippen molar-refractivity contribution < 1.29 is 38.4 Å². The number of alkyl halides is 6. The van der Waals surface area contributed by atoms with E-state index in [1.807, 2.05) is 0 Å². The summed E-state index contributed by atoms with van der Waals surface area (Å²) in [5, 5.41) is 0. The van der Waals surface area contributed by atoms with Crippen LogP contribution >= 0.6 is 11.8 Å². The third-order valence-electron chi connectivity index (χ3n) is 1.68. The van der Waals surface area contributed by atoms with Crippen LogP contribution in [0, 0.1) is 0 Å². The SMILES string of the molecule is O=S(=O)(O[S+]1CCCS/C1=C\C(F)(F)F)C(F)(F)F. The van der Waals surface area contributed by atoms with Gasteiger partial charge in [0.15, 0.2) is 0 Å². The first-order valence-corrected chi connectivity index (χ1v) is 8.28. The first-order chi connectivity index (χ1) is 8.42. The molecule has 1 fully saturated rings. The quantitative estimate of drug-likeness (QED) is 0.437. The molecule has 1 saturated heterocycles. The minimum Gasteiger partial charge on any atom is -0.185 e. The molecule has 0 radical (unpaired) electrons. The van der Waals surface area contributed by atoms with E-state index in [-0.39, 0.29) is 24.0 Å². The van der Waals surface area contributed by atoms with Crippen molar-refractivity contribution in [3.63, 3.8) is 0 Å². The van der Waals surface area contributed by atoms with Crippen LogP contribution in [0.5, 0.6) is 0 Å². The minimum absolute atomic E-state index is 0.190. The van der Waals surface area contributed by atoms with Gasteiger partial charge in [-0.25, -0.2) is 0 Å². The standard InChI is InChI=1S/C7H7F6O3S3/c8-6(9,10)4-5-17-2-1-3-18(5)16-19(14,15)7(11,12)13/h4H,1-3H2/q+1/b5-4+. The Kier molecular flexibility index (Phi) is 5.13. The van der Waals surface area contributed by atoms with Gasteiger partial charge in [0.1, 0.15) is 5.75 Å². The van der Waals surface area contributed by atoms with Crippen LogP contribution in [0.25, 0.3) is 0 Å². The largest absolute Gasteiger partial charge is 0.527 e. The summed E-state index contributed by atoms with van der Waals surface area (Å²) in [7, 11) is -5.90. The number of thioether (sulfide) groups is 1. The molecule has 112 valence electrons. The Hall–Kier alpha value is -0.0700. The molecule has 1 aliphatic rings. The number of halogens is 6. The Labute approximate surface area is 112 Å². The van der Waals surface area contributed by atoms with Crippen LogP contribution in [0.1, 0.15) is 6.42 Å². The molecule has 0 aromatic heterocycles. The van der Waals surface area contributed by atoms with Crippen LogP contribution < -0.4 is 0 Å². The van der Waals surface area contributed by atoms with E-state index < -0.39 is 37.2 Å². The van der Waals surface area contributed by atoms with Gasteiger partial charge in [-0.1, -0.05) is 11.8 Å². The first-order valence-electron chi connectivity index (χ1n) is 4.57. The van der Waals surface area contributed by atoms with Crippen molar-refractivity contribution in [2.45, 2.75) is 18.1 Å². The van der Waals surface area contributed by atoms with Crippen molar-refractivity contribution in [3.05, 3.63) is 10.3 Å². The van der Waals surface area contributed by atoms with E-state index in [1.165, 1.54) is 0 Å². The maximum atomic E-state index is 12.2. The fourth-order valence-electron chi connectivity index (χ4n) is 0.984.